The topological polar surface area (TPSA) is 32.3 Å². The molecule has 1 fully saturated rings. The van der Waals surface area contributed by atoms with Gasteiger partial charge in [0.05, 0.1) is 5.60 Å². The molecule has 1 saturated carbocycles. The van der Waals surface area contributed by atoms with Crippen molar-refractivity contribution in [3.63, 3.8) is 0 Å². The van der Waals surface area contributed by atoms with Gasteiger partial charge in [-0.1, -0.05) is 0 Å². The Morgan fingerprint density at radius 1 is 1.62 bits per heavy atom. The Hall–Kier alpha value is -0.0800. The number of likely N-dealkylation sites (N-methyl/N-ethyl adjacent to an activating group) is 1. The Bertz CT molecular complexity index is 88.5. The van der Waals surface area contributed by atoms with Crippen molar-refractivity contribution in [3.8, 4) is 0 Å². The third-order valence-corrected chi connectivity index (χ3v) is 2.00. The fourth-order valence-electron chi connectivity index (χ4n) is 0.830. The summed E-state index contributed by atoms with van der Waals surface area (Å²) in [6, 6.07) is 0.266. The van der Waals surface area contributed by atoms with Gasteiger partial charge in [0, 0.05) is 6.04 Å². The van der Waals surface area contributed by atoms with Crippen molar-refractivity contribution < 1.29 is 5.11 Å². The quantitative estimate of drug-likeness (QED) is 0.535. The predicted molar refractivity (Wildman–Crippen MR) is 32.7 cm³/mol. The lowest BCUT2D eigenvalue weighted by atomic mass is 10.2. The summed E-state index contributed by atoms with van der Waals surface area (Å²) >= 11 is 0. The maximum absolute atomic E-state index is 9.33. The van der Waals surface area contributed by atoms with Crippen LogP contribution in [0, 0.1) is 0 Å². The first-order valence-electron chi connectivity index (χ1n) is 3.09. The van der Waals surface area contributed by atoms with Gasteiger partial charge in [0.15, 0.2) is 0 Å². The molecule has 1 aliphatic rings. The van der Waals surface area contributed by atoms with Crippen molar-refractivity contribution >= 4 is 0 Å². The van der Waals surface area contributed by atoms with Crippen LogP contribution in [0.25, 0.3) is 0 Å². The van der Waals surface area contributed by atoms with Crippen molar-refractivity contribution in [1.82, 2.24) is 5.32 Å². The van der Waals surface area contributed by atoms with Crippen LogP contribution >= 0.6 is 0 Å². The lowest BCUT2D eigenvalue weighted by Gasteiger charge is -2.15. The van der Waals surface area contributed by atoms with E-state index in [0.29, 0.717) is 0 Å². The average molecular weight is 115 g/mol. The van der Waals surface area contributed by atoms with Crippen molar-refractivity contribution in [2.75, 3.05) is 7.05 Å². The summed E-state index contributed by atoms with van der Waals surface area (Å²) in [6.45, 7) is 2.01. The van der Waals surface area contributed by atoms with E-state index in [4.69, 9.17) is 0 Å². The Labute approximate surface area is 49.9 Å². The molecule has 2 N–H and O–H groups in total. The fourth-order valence-corrected chi connectivity index (χ4v) is 0.830. The van der Waals surface area contributed by atoms with Gasteiger partial charge >= 0.3 is 0 Å². The lowest BCUT2D eigenvalue weighted by Crippen LogP contribution is -2.36. The molecular weight excluding hydrogens is 102 g/mol. The molecule has 0 amide bonds. The molecular formula is C6H13NO. The summed E-state index contributed by atoms with van der Waals surface area (Å²) in [6.07, 6.45) is 1.93. The molecule has 0 heterocycles. The number of hydrogen-bond acceptors (Lipinski definition) is 2. The minimum atomic E-state index is -0.352. The maximum atomic E-state index is 9.33. The van der Waals surface area contributed by atoms with Gasteiger partial charge in [-0.25, -0.2) is 0 Å². The van der Waals surface area contributed by atoms with Gasteiger partial charge < -0.3 is 10.4 Å². The third-order valence-electron chi connectivity index (χ3n) is 2.00. The highest BCUT2D eigenvalue weighted by Crippen LogP contribution is 2.37. The highest BCUT2D eigenvalue weighted by atomic mass is 16.3. The van der Waals surface area contributed by atoms with E-state index >= 15 is 0 Å². The Balaban J connectivity index is 2.34. The van der Waals surface area contributed by atoms with Crippen molar-refractivity contribution in [2.45, 2.75) is 31.4 Å². The molecule has 0 aliphatic heterocycles. The van der Waals surface area contributed by atoms with Gasteiger partial charge in [-0.05, 0) is 26.8 Å². The first kappa shape index (κ1) is 6.05. The van der Waals surface area contributed by atoms with Crippen LogP contribution in [0.4, 0.5) is 0 Å². The zero-order valence-electron chi connectivity index (χ0n) is 5.44. The van der Waals surface area contributed by atoms with E-state index in [-0.39, 0.29) is 11.6 Å². The fraction of sp³-hybridized carbons (Fsp3) is 1.00. The van der Waals surface area contributed by atoms with Crippen molar-refractivity contribution in [2.24, 2.45) is 0 Å². The van der Waals surface area contributed by atoms with Gasteiger partial charge in [-0.3, -0.25) is 0 Å². The standard InChI is InChI=1S/C6H13NO/c1-5(7-2)6(8)3-4-6/h5,7-8H,3-4H2,1-2H3. The number of nitrogens with one attached hydrogen (secondary N) is 1. The molecule has 2 nitrogen and oxygen atoms in total. The second-order valence-electron chi connectivity index (χ2n) is 2.61. The maximum Gasteiger partial charge on any atom is 0.0799 e. The molecule has 0 aromatic heterocycles. The third kappa shape index (κ3) is 0.858. The summed E-state index contributed by atoms with van der Waals surface area (Å²) in [5.74, 6) is 0. The largest absolute Gasteiger partial charge is 0.388 e. The summed E-state index contributed by atoms with van der Waals surface area (Å²) in [5, 5.41) is 12.4. The van der Waals surface area contributed by atoms with E-state index < -0.39 is 0 Å². The zero-order valence-corrected chi connectivity index (χ0v) is 5.44. The lowest BCUT2D eigenvalue weighted by molar-refractivity contribution is 0.113. The summed E-state index contributed by atoms with van der Waals surface area (Å²) in [5.41, 5.74) is -0.352. The summed E-state index contributed by atoms with van der Waals surface area (Å²) in [4.78, 5) is 0. The SMILES string of the molecule is CNC(C)C1(O)CC1. The van der Waals surface area contributed by atoms with Crippen molar-refractivity contribution in [1.29, 1.82) is 0 Å². The van der Waals surface area contributed by atoms with Crippen LogP contribution in [0.15, 0.2) is 0 Å². The van der Waals surface area contributed by atoms with Crippen molar-refractivity contribution in [3.05, 3.63) is 0 Å². The van der Waals surface area contributed by atoms with Crippen LogP contribution in [-0.4, -0.2) is 23.8 Å². The van der Waals surface area contributed by atoms with Gasteiger partial charge in [-0.15, -0.1) is 0 Å². The Kier molecular flexibility index (Phi) is 1.29. The molecule has 2 heteroatoms. The molecule has 0 aromatic rings. The molecule has 0 spiro atoms. The van der Waals surface area contributed by atoms with E-state index in [2.05, 4.69) is 5.32 Å². The molecule has 8 heavy (non-hydrogen) atoms. The number of aliphatic hydroxyl groups is 1. The number of hydrogen-bond donors (Lipinski definition) is 2. The summed E-state index contributed by atoms with van der Waals surface area (Å²) < 4.78 is 0. The minimum Gasteiger partial charge on any atom is -0.388 e. The van der Waals surface area contributed by atoms with Gasteiger partial charge in [-0.2, -0.15) is 0 Å². The van der Waals surface area contributed by atoms with Gasteiger partial charge in [0.1, 0.15) is 0 Å². The molecule has 1 atom stereocenters. The molecule has 0 saturated heterocycles. The van der Waals surface area contributed by atoms with Crippen LogP contribution in [0.1, 0.15) is 19.8 Å². The molecule has 0 radical (unpaired) electrons. The first-order valence-corrected chi connectivity index (χ1v) is 3.09. The first-order chi connectivity index (χ1) is 3.69. The van der Waals surface area contributed by atoms with Crippen LogP contribution in [0.5, 0.6) is 0 Å². The smallest absolute Gasteiger partial charge is 0.0799 e. The van der Waals surface area contributed by atoms with Crippen LogP contribution in [-0.2, 0) is 0 Å². The zero-order chi connectivity index (χ0) is 6.20. The van der Waals surface area contributed by atoms with E-state index in [1.54, 1.807) is 0 Å². The van der Waals surface area contributed by atoms with E-state index in [0.717, 1.165) is 12.8 Å². The average Bonchev–Trinajstić information content (AvgIpc) is 2.47. The predicted octanol–water partition coefficient (Wildman–Crippen LogP) is 0.119. The Morgan fingerprint density at radius 3 is 2.25 bits per heavy atom. The minimum absolute atomic E-state index is 0.266. The van der Waals surface area contributed by atoms with Crippen LogP contribution in [0.3, 0.4) is 0 Å². The highest BCUT2D eigenvalue weighted by molar-refractivity contribution is 5.00. The normalized spacial score (nSPS) is 27.4. The highest BCUT2D eigenvalue weighted by Gasteiger charge is 2.44. The number of rotatable bonds is 2. The molecule has 0 aromatic carbocycles. The molecule has 1 rings (SSSR count). The van der Waals surface area contributed by atoms with E-state index in [1.807, 2.05) is 14.0 Å². The second kappa shape index (κ2) is 1.71. The van der Waals surface area contributed by atoms with Crippen LogP contribution < -0.4 is 5.32 Å². The van der Waals surface area contributed by atoms with Gasteiger partial charge in [0.2, 0.25) is 0 Å². The molecule has 1 aliphatic carbocycles. The summed E-state index contributed by atoms with van der Waals surface area (Å²) in [7, 11) is 1.88. The van der Waals surface area contributed by atoms with E-state index in [9.17, 15) is 5.11 Å². The van der Waals surface area contributed by atoms with E-state index in [1.165, 1.54) is 0 Å². The molecule has 1 unspecified atom stereocenters. The monoisotopic (exact) mass is 115 g/mol. The van der Waals surface area contributed by atoms with Gasteiger partial charge in [0.25, 0.3) is 0 Å². The van der Waals surface area contributed by atoms with Crippen LogP contribution in [0.2, 0.25) is 0 Å². The molecule has 48 valence electrons. The second-order valence-corrected chi connectivity index (χ2v) is 2.61. The molecule has 0 bridgehead atoms. The Morgan fingerprint density at radius 2 is 2.12 bits per heavy atom.